The lowest BCUT2D eigenvalue weighted by molar-refractivity contribution is -0.385. The number of hydrogen-bond donors (Lipinski definition) is 0. The number of methoxy groups -OCH3 is 2. The van der Waals surface area contributed by atoms with Gasteiger partial charge in [-0.15, -0.1) is 0 Å². The molecule has 2 rings (SSSR count). The van der Waals surface area contributed by atoms with Crippen LogP contribution in [0, 0.1) is 17.0 Å². The van der Waals surface area contributed by atoms with E-state index in [9.17, 15) is 18.5 Å². The van der Waals surface area contributed by atoms with E-state index in [2.05, 4.69) is 0 Å². The van der Waals surface area contributed by atoms with Crippen molar-refractivity contribution in [2.75, 3.05) is 25.1 Å². The normalized spacial score (nSPS) is 11.1. The topological polar surface area (TPSA) is 99.0 Å². The van der Waals surface area contributed by atoms with Crippen LogP contribution in [0.2, 0.25) is 0 Å². The summed E-state index contributed by atoms with van der Waals surface area (Å²) >= 11 is 0. The lowest BCUT2D eigenvalue weighted by atomic mass is 10.2. The number of sulfonamides is 1. The van der Waals surface area contributed by atoms with E-state index in [0.29, 0.717) is 22.7 Å². The first kappa shape index (κ1) is 19.5. The largest absolute Gasteiger partial charge is 0.497 e. The van der Waals surface area contributed by atoms with Crippen LogP contribution in [0.1, 0.15) is 12.5 Å². The number of ether oxygens (including phenoxy) is 2. The first-order chi connectivity index (χ1) is 12.3. The quantitative estimate of drug-likeness (QED) is 0.540. The predicted octanol–water partition coefficient (Wildman–Crippen LogP) is 3.14. The summed E-state index contributed by atoms with van der Waals surface area (Å²) in [5.74, 6) is 0.810. The molecule has 2 aromatic rings. The van der Waals surface area contributed by atoms with Gasteiger partial charge >= 0.3 is 0 Å². The number of hydrogen-bond acceptors (Lipinski definition) is 6. The molecule has 9 heteroatoms. The van der Waals surface area contributed by atoms with Gasteiger partial charge in [0.2, 0.25) is 0 Å². The number of benzene rings is 2. The second-order valence-corrected chi connectivity index (χ2v) is 7.25. The van der Waals surface area contributed by atoms with E-state index in [-0.39, 0.29) is 17.1 Å². The van der Waals surface area contributed by atoms with Gasteiger partial charge in [0.1, 0.15) is 11.5 Å². The van der Waals surface area contributed by atoms with Gasteiger partial charge in [0.05, 0.1) is 29.7 Å². The van der Waals surface area contributed by atoms with Crippen LogP contribution >= 0.6 is 0 Å². The lowest BCUT2D eigenvalue weighted by Gasteiger charge is -2.25. The Kier molecular flexibility index (Phi) is 5.71. The van der Waals surface area contributed by atoms with E-state index in [4.69, 9.17) is 9.47 Å². The molecule has 0 heterocycles. The van der Waals surface area contributed by atoms with Gasteiger partial charge in [-0.25, -0.2) is 8.42 Å². The standard InChI is InChI=1S/C17H20N2O6S/c1-5-18(15-11-14(24-3)8-9-16(15)25-4)26(22,23)17-10-13(19(20)21)7-6-12(17)2/h6-11H,5H2,1-4H3. The van der Waals surface area contributed by atoms with E-state index in [1.54, 1.807) is 32.0 Å². The fourth-order valence-electron chi connectivity index (χ4n) is 2.56. The van der Waals surface area contributed by atoms with Crippen LogP contribution in [0.4, 0.5) is 11.4 Å². The Morgan fingerprint density at radius 1 is 1.12 bits per heavy atom. The summed E-state index contributed by atoms with van der Waals surface area (Å²) in [7, 11) is -1.15. The number of anilines is 1. The molecule has 0 radical (unpaired) electrons. The molecule has 0 aliphatic carbocycles. The summed E-state index contributed by atoms with van der Waals surface area (Å²) < 4.78 is 38.1. The summed E-state index contributed by atoms with van der Waals surface area (Å²) in [6, 6.07) is 8.57. The van der Waals surface area contributed by atoms with E-state index in [0.717, 1.165) is 10.4 Å². The zero-order valence-electron chi connectivity index (χ0n) is 14.9. The SMILES string of the molecule is CCN(c1cc(OC)ccc1OC)S(=O)(=O)c1cc([N+](=O)[O-])ccc1C. The van der Waals surface area contributed by atoms with Crippen molar-refractivity contribution in [3.8, 4) is 11.5 Å². The summed E-state index contributed by atoms with van der Waals surface area (Å²) in [5.41, 5.74) is 0.416. The highest BCUT2D eigenvalue weighted by Crippen LogP contribution is 2.36. The molecule has 0 amide bonds. The Morgan fingerprint density at radius 3 is 2.35 bits per heavy atom. The molecule has 0 saturated heterocycles. The third-order valence-corrected chi connectivity index (χ3v) is 5.92. The highest BCUT2D eigenvalue weighted by molar-refractivity contribution is 7.92. The minimum absolute atomic E-state index is 0.105. The molecule has 0 atom stereocenters. The average Bonchev–Trinajstić information content (AvgIpc) is 2.61. The van der Waals surface area contributed by atoms with Crippen molar-refractivity contribution >= 4 is 21.4 Å². The fourth-order valence-corrected chi connectivity index (χ4v) is 4.28. The third kappa shape index (κ3) is 3.57. The summed E-state index contributed by atoms with van der Waals surface area (Å²) in [4.78, 5) is 10.3. The van der Waals surface area contributed by atoms with Gasteiger partial charge < -0.3 is 9.47 Å². The predicted molar refractivity (Wildman–Crippen MR) is 97.6 cm³/mol. The molecule has 0 N–H and O–H groups in total. The molecular formula is C17H20N2O6S. The highest BCUT2D eigenvalue weighted by atomic mass is 32.2. The average molecular weight is 380 g/mol. The number of rotatable bonds is 7. The van der Waals surface area contributed by atoms with Crippen molar-refractivity contribution < 1.29 is 22.8 Å². The molecule has 0 aliphatic heterocycles. The van der Waals surface area contributed by atoms with Crippen LogP contribution < -0.4 is 13.8 Å². The van der Waals surface area contributed by atoms with Gasteiger partial charge in [-0.05, 0) is 31.5 Å². The molecule has 0 spiro atoms. The van der Waals surface area contributed by atoms with E-state index >= 15 is 0 Å². The Hall–Kier alpha value is -2.81. The molecule has 0 bridgehead atoms. The minimum Gasteiger partial charge on any atom is -0.497 e. The molecule has 0 aliphatic rings. The van der Waals surface area contributed by atoms with Gasteiger partial charge in [-0.1, -0.05) is 6.07 Å². The van der Waals surface area contributed by atoms with Crippen molar-refractivity contribution in [2.45, 2.75) is 18.7 Å². The number of aryl methyl sites for hydroxylation is 1. The van der Waals surface area contributed by atoms with Crippen LogP contribution in [0.3, 0.4) is 0 Å². The van der Waals surface area contributed by atoms with Crippen molar-refractivity contribution in [1.29, 1.82) is 0 Å². The molecule has 0 aromatic heterocycles. The first-order valence-corrected chi connectivity index (χ1v) is 9.20. The molecule has 2 aromatic carbocycles. The molecule has 0 fully saturated rings. The van der Waals surface area contributed by atoms with Gasteiger partial charge in [0.25, 0.3) is 15.7 Å². The Bertz CT molecular complexity index is 927. The zero-order chi connectivity index (χ0) is 19.5. The van der Waals surface area contributed by atoms with Crippen LogP contribution in [-0.2, 0) is 10.0 Å². The maximum absolute atomic E-state index is 13.2. The molecule has 26 heavy (non-hydrogen) atoms. The molecule has 140 valence electrons. The van der Waals surface area contributed by atoms with Crippen LogP contribution in [0.25, 0.3) is 0 Å². The maximum atomic E-state index is 13.2. The first-order valence-electron chi connectivity index (χ1n) is 7.76. The molecule has 8 nitrogen and oxygen atoms in total. The Labute approximate surface area is 152 Å². The van der Waals surface area contributed by atoms with Gasteiger partial charge in [-0.3, -0.25) is 14.4 Å². The van der Waals surface area contributed by atoms with Crippen molar-refractivity contribution in [2.24, 2.45) is 0 Å². The third-order valence-electron chi connectivity index (χ3n) is 3.89. The Balaban J connectivity index is 2.67. The van der Waals surface area contributed by atoms with Crippen molar-refractivity contribution in [1.82, 2.24) is 0 Å². The minimum atomic E-state index is -4.06. The van der Waals surface area contributed by atoms with Gasteiger partial charge in [0.15, 0.2) is 0 Å². The fraction of sp³-hybridized carbons (Fsp3) is 0.294. The van der Waals surface area contributed by atoms with Crippen molar-refractivity contribution in [3.05, 3.63) is 52.1 Å². The van der Waals surface area contributed by atoms with Crippen LogP contribution in [-0.4, -0.2) is 34.1 Å². The highest BCUT2D eigenvalue weighted by Gasteiger charge is 2.29. The Morgan fingerprint density at radius 2 is 1.81 bits per heavy atom. The van der Waals surface area contributed by atoms with E-state index < -0.39 is 14.9 Å². The smallest absolute Gasteiger partial charge is 0.270 e. The lowest BCUT2D eigenvalue weighted by Crippen LogP contribution is -2.31. The summed E-state index contributed by atoms with van der Waals surface area (Å²) in [6.45, 7) is 3.37. The molecule has 0 unspecified atom stereocenters. The molecular weight excluding hydrogens is 360 g/mol. The van der Waals surface area contributed by atoms with Crippen LogP contribution in [0.5, 0.6) is 11.5 Å². The van der Waals surface area contributed by atoms with E-state index in [1.807, 2.05) is 0 Å². The van der Waals surface area contributed by atoms with Crippen LogP contribution in [0.15, 0.2) is 41.3 Å². The number of nitrogens with zero attached hydrogens (tertiary/aromatic N) is 2. The van der Waals surface area contributed by atoms with Gasteiger partial charge in [0, 0.05) is 24.7 Å². The number of nitro benzene ring substituents is 1. The van der Waals surface area contributed by atoms with E-state index in [1.165, 1.54) is 26.4 Å². The summed E-state index contributed by atoms with van der Waals surface area (Å²) in [6.07, 6.45) is 0. The second-order valence-electron chi connectivity index (χ2n) is 5.41. The number of nitro groups is 1. The van der Waals surface area contributed by atoms with Gasteiger partial charge in [-0.2, -0.15) is 0 Å². The van der Waals surface area contributed by atoms with Crippen molar-refractivity contribution in [3.63, 3.8) is 0 Å². The monoisotopic (exact) mass is 380 g/mol. The molecule has 0 saturated carbocycles. The zero-order valence-corrected chi connectivity index (χ0v) is 15.7. The second kappa shape index (κ2) is 7.61. The number of non-ortho nitro benzene ring substituents is 1. The maximum Gasteiger partial charge on any atom is 0.270 e. The summed E-state index contributed by atoms with van der Waals surface area (Å²) in [5, 5.41) is 11.0.